The maximum absolute atomic E-state index is 11.6. The van der Waals surface area contributed by atoms with Gasteiger partial charge in [0.15, 0.2) is 0 Å². The van der Waals surface area contributed by atoms with Crippen molar-refractivity contribution in [3.63, 3.8) is 0 Å². The van der Waals surface area contributed by atoms with Crippen LogP contribution >= 0.6 is 0 Å². The van der Waals surface area contributed by atoms with E-state index in [1.165, 1.54) is 13.2 Å². The van der Waals surface area contributed by atoms with E-state index in [-0.39, 0.29) is 24.4 Å². The van der Waals surface area contributed by atoms with Crippen molar-refractivity contribution in [1.82, 2.24) is 5.32 Å². The van der Waals surface area contributed by atoms with Crippen molar-refractivity contribution in [1.29, 1.82) is 0 Å². The highest BCUT2D eigenvalue weighted by Crippen LogP contribution is 2.22. The summed E-state index contributed by atoms with van der Waals surface area (Å²) in [5.74, 6) is -0.356. The van der Waals surface area contributed by atoms with E-state index < -0.39 is 6.10 Å². The molecule has 0 aliphatic rings. The topological polar surface area (TPSA) is 99.0 Å². The van der Waals surface area contributed by atoms with Gasteiger partial charge in [-0.25, -0.2) is 4.79 Å². The Bertz CT molecular complexity index is 747. The molecule has 140 valence electrons. The lowest BCUT2D eigenvalue weighted by Gasteiger charge is -2.18. The Balaban J connectivity index is 1.92. The van der Waals surface area contributed by atoms with E-state index in [2.05, 4.69) is 5.32 Å². The number of hydrogen-bond donors (Lipinski definition) is 4. The summed E-state index contributed by atoms with van der Waals surface area (Å²) in [5.41, 5.74) is 2.51. The van der Waals surface area contributed by atoms with Gasteiger partial charge in [0.25, 0.3) is 0 Å². The Kier molecular flexibility index (Phi) is 7.15. The number of benzene rings is 2. The molecule has 2 atom stereocenters. The van der Waals surface area contributed by atoms with Crippen molar-refractivity contribution in [2.75, 3.05) is 13.7 Å². The zero-order chi connectivity index (χ0) is 19.1. The van der Waals surface area contributed by atoms with E-state index in [4.69, 9.17) is 4.74 Å². The summed E-state index contributed by atoms with van der Waals surface area (Å²) in [6, 6.07) is 12.0. The van der Waals surface area contributed by atoms with Crippen LogP contribution in [0.25, 0.3) is 0 Å². The molecule has 26 heavy (non-hydrogen) atoms. The molecular weight excluding hydrogens is 334 g/mol. The molecule has 2 rings (SSSR count). The summed E-state index contributed by atoms with van der Waals surface area (Å²) in [7, 11) is 1.35. The predicted octanol–water partition coefficient (Wildman–Crippen LogP) is 1.93. The largest absolute Gasteiger partial charge is 0.508 e. The molecule has 0 saturated carbocycles. The van der Waals surface area contributed by atoms with E-state index in [0.29, 0.717) is 29.7 Å². The first-order chi connectivity index (χ1) is 12.4. The number of carbonyl (C=O) groups is 1. The van der Waals surface area contributed by atoms with Gasteiger partial charge in [-0.3, -0.25) is 0 Å². The number of carbonyl (C=O) groups excluding carboxylic acids is 1. The second kappa shape index (κ2) is 9.33. The minimum Gasteiger partial charge on any atom is -0.508 e. The van der Waals surface area contributed by atoms with Crippen molar-refractivity contribution in [2.45, 2.75) is 32.1 Å². The van der Waals surface area contributed by atoms with Gasteiger partial charge >= 0.3 is 5.97 Å². The van der Waals surface area contributed by atoms with Crippen molar-refractivity contribution >= 4 is 5.97 Å². The average Bonchev–Trinajstić information content (AvgIpc) is 2.66. The zero-order valence-corrected chi connectivity index (χ0v) is 15.0. The highest BCUT2D eigenvalue weighted by Gasteiger charge is 2.13. The highest BCUT2D eigenvalue weighted by atomic mass is 16.5. The fourth-order valence-electron chi connectivity index (χ4n) is 2.74. The quantitative estimate of drug-likeness (QED) is 0.538. The fourth-order valence-corrected chi connectivity index (χ4v) is 2.74. The van der Waals surface area contributed by atoms with Crippen LogP contribution in [0.15, 0.2) is 42.5 Å². The van der Waals surface area contributed by atoms with Crippen molar-refractivity contribution in [3.8, 4) is 5.75 Å². The molecule has 2 aromatic rings. The second-order valence-corrected chi connectivity index (χ2v) is 6.27. The number of hydrogen-bond acceptors (Lipinski definition) is 6. The van der Waals surface area contributed by atoms with Crippen molar-refractivity contribution < 1.29 is 24.9 Å². The molecule has 0 aliphatic carbocycles. The second-order valence-electron chi connectivity index (χ2n) is 6.27. The Labute approximate surface area is 153 Å². The number of methoxy groups -OCH3 is 1. The minimum atomic E-state index is -0.759. The Morgan fingerprint density at radius 1 is 1.23 bits per heavy atom. The molecule has 0 radical (unpaired) electrons. The lowest BCUT2D eigenvalue weighted by atomic mass is 10.0. The molecule has 0 aromatic heterocycles. The molecule has 0 spiro atoms. The van der Waals surface area contributed by atoms with Gasteiger partial charge in [-0.2, -0.15) is 0 Å². The third-order valence-electron chi connectivity index (χ3n) is 4.21. The van der Waals surface area contributed by atoms with E-state index in [0.717, 1.165) is 5.56 Å². The van der Waals surface area contributed by atoms with E-state index in [9.17, 15) is 20.1 Å². The summed E-state index contributed by atoms with van der Waals surface area (Å²) >= 11 is 0. The van der Waals surface area contributed by atoms with Crippen LogP contribution in [0.5, 0.6) is 5.75 Å². The number of esters is 1. The van der Waals surface area contributed by atoms with Crippen LogP contribution in [-0.4, -0.2) is 41.0 Å². The molecule has 6 heteroatoms. The molecule has 2 unspecified atom stereocenters. The Morgan fingerprint density at radius 2 is 2.00 bits per heavy atom. The molecule has 2 aromatic carbocycles. The first-order valence-electron chi connectivity index (χ1n) is 8.46. The van der Waals surface area contributed by atoms with Gasteiger partial charge in [-0.1, -0.05) is 18.2 Å². The average molecular weight is 359 g/mol. The van der Waals surface area contributed by atoms with E-state index >= 15 is 0 Å². The van der Waals surface area contributed by atoms with E-state index in [1.807, 2.05) is 19.1 Å². The molecule has 0 bridgehead atoms. The molecular formula is C20H25NO5. The minimum absolute atomic E-state index is 0.00950. The molecule has 6 nitrogen and oxygen atoms in total. The zero-order valence-electron chi connectivity index (χ0n) is 15.0. The molecule has 0 aliphatic heterocycles. The van der Waals surface area contributed by atoms with Crippen LogP contribution in [0.1, 0.15) is 40.1 Å². The fraction of sp³-hybridized carbons (Fsp3) is 0.350. The summed E-state index contributed by atoms with van der Waals surface area (Å²) in [4.78, 5) is 11.6. The third-order valence-corrected chi connectivity index (χ3v) is 4.21. The number of aliphatic hydroxyl groups is 2. The third kappa shape index (κ3) is 5.29. The summed E-state index contributed by atoms with van der Waals surface area (Å²) in [5, 5.41) is 32.3. The van der Waals surface area contributed by atoms with Crippen LogP contribution in [0, 0.1) is 0 Å². The van der Waals surface area contributed by atoms with Crippen LogP contribution in [0.4, 0.5) is 0 Å². The van der Waals surface area contributed by atoms with Crippen LogP contribution in [0.3, 0.4) is 0 Å². The number of phenols is 1. The Morgan fingerprint density at radius 3 is 2.69 bits per heavy atom. The molecule has 0 fully saturated rings. The van der Waals surface area contributed by atoms with E-state index in [1.54, 1.807) is 24.3 Å². The van der Waals surface area contributed by atoms with Gasteiger partial charge in [0.1, 0.15) is 5.75 Å². The maximum atomic E-state index is 11.6. The van der Waals surface area contributed by atoms with Crippen molar-refractivity contribution in [2.24, 2.45) is 0 Å². The lowest BCUT2D eigenvalue weighted by molar-refractivity contribution is 0.0600. The number of aliphatic hydroxyl groups excluding tert-OH is 2. The van der Waals surface area contributed by atoms with Crippen molar-refractivity contribution in [3.05, 3.63) is 64.7 Å². The first kappa shape index (κ1) is 19.9. The van der Waals surface area contributed by atoms with Gasteiger partial charge in [0, 0.05) is 18.2 Å². The van der Waals surface area contributed by atoms with Gasteiger partial charge in [-0.05, 0) is 48.7 Å². The van der Waals surface area contributed by atoms with Crippen LogP contribution in [-0.2, 0) is 17.8 Å². The summed E-state index contributed by atoms with van der Waals surface area (Å²) in [6.45, 7) is 2.04. The molecule has 0 heterocycles. The smallest absolute Gasteiger partial charge is 0.337 e. The Hall–Kier alpha value is -2.41. The summed E-state index contributed by atoms with van der Waals surface area (Å²) in [6.07, 6.45) is -0.0700. The SMILES string of the molecule is COC(=O)c1cccc(CC(C)NCC(O)c2ccc(O)c(CO)c2)c1. The monoisotopic (exact) mass is 359 g/mol. The molecule has 0 saturated heterocycles. The lowest BCUT2D eigenvalue weighted by Crippen LogP contribution is -2.32. The van der Waals surface area contributed by atoms with Gasteiger partial charge in [0.2, 0.25) is 0 Å². The van der Waals surface area contributed by atoms with Crippen LogP contribution in [0.2, 0.25) is 0 Å². The predicted molar refractivity (Wildman–Crippen MR) is 97.9 cm³/mol. The number of nitrogens with one attached hydrogen (secondary N) is 1. The molecule has 4 N–H and O–H groups in total. The first-order valence-corrected chi connectivity index (χ1v) is 8.46. The number of aromatic hydroxyl groups is 1. The highest BCUT2D eigenvalue weighted by molar-refractivity contribution is 5.89. The van der Waals surface area contributed by atoms with Gasteiger partial charge in [-0.15, -0.1) is 0 Å². The van der Waals surface area contributed by atoms with Gasteiger partial charge in [0.05, 0.1) is 25.4 Å². The van der Waals surface area contributed by atoms with Crippen LogP contribution < -0.4 is 5.32 Å². The normalized spacial score (nSPS) is 13.2. The standard InChI is InChI=1S/C20H25NO5/c1-13(8-14-4-3-5-16(9-14)20(25)26-2)21-11-19(24)15-6-7-18(23)17(10-15)12-22/h3-7,9-10,13,19,21-24H,8,11-12H2,1-2H3. The number of rotatable bonds is 8. The van der Waals surface area contributed by atoms with Gasteiger partial charge < -0.3 is 25.4 Å². The number of ether oxygens (including phenoxy) is 1. The molecule has 0 amide bonds. The maximum Gasteiger partial charge on any atom is 0.337 e. The summed E-state index contributed by atoms with van der Waals surface area (Å²) < 4.78 is 4.73.